The molecule has 0 spiro atoms. The van der Waals surface area contributed by atoms with Crippen molar-refractivity contribution >= 4 is 11.6 Å². The normalized spacial score (nSPS) is 13.9. The number of halogens is 1. The van der Waals surface area contributed by atoms with Crippen molar-refractivity contribution in [1.29, 1.82) is 0 Å². The van der Waals surface area contributed by atoms with Crippen molar-refractivity contribution < 1.29 is 4.74 Å². The Morgan fingerprint density at radius 3 is 2.65 bits per heavy atom. The van der Waals surface area contributed by atoms with E-state index >= 15 is 0 Å². The molecule has 1 unspecified atom stereocenters. The highest BCUT2D eigenvalue weighted by Gasteiger charge is 2.21. The topological polar surface area (TPSA) is 61.0 Å². The Labute approximate surface area is 143 Å². The van der Waals surface area contributed by atoms with Gasteiger partial charge in [0.05, 0.1) is 10.7 Å². The summed E-state index contributed by atoms with van der Waals surface area (Å²) >= 11 is 6.34. The van der Waals surface area contributed by atoms with Crippen molar-refractivity contribution in [3.8, 4) is 17.0 Å². The summed E-state index contributed by atoms with van der Waals surface area (Å²) in [5.74, 6) is 1.89. The van der Waals surface area contributed by atoms with Crippen LogP contribution in [0.5, 0.6) is 5.75 Å². The highest BCUT2D eigenvalue weighted by Crippen LogP contribution is 2.30. The average molecular weight is 334 g/mol. The van der Waals surface area contributed by atoms with Crippen molar-refractivity contribution in [1.82, 2.24) is 9.97 Å². The summed E-state index contributed by atoms with van der Waals surface area (Å²) in [4.78, 5) is 8.50. The maximum Gasteiger partial charge on any atom is 0.138 e. The molecule has 1 atom stereocenters. The van der Waals surface area contributed by atoms with Crippen LogP contribution in [-0.4, -0.2) is 22.1 Å². The molecule has 124 valence electrons. The highest BCUT2D eigenvalue weighted by molar-refractivity contribution is 6.32. The van der Waals surface area contributed by atoms with Gasteiger partial charge in [-0.25, -0.2) is 9.97 Å². The molecule has 0 amide bonds. The van der Waals surface area contributed by atoms with E-state index in [1.54, 1.807) is 6.20 Å². The van der Waals surface area contributed by atoms with Gasteiger partial charge in [0.1, 0.15) is 18.2 Å². The minimum absolute atomic E-state index is 0.375. The SMILES string of the molecule is Cc1nccc(-c2ccc(OCC(C)(N)CC(C)C)c(Cl)c2)n1. The van der Waals surface area contributed by atoms with Gasteiger partial charge in [0.2, 0.25) is 0 Å². The number of hydrogen-bond donors (Lipinski definition) is 1. The van der Waals surface area contributed by atoms with Crippen molar-refractivity contribution in [2.75, 3.05) is 6.61 Å². The van der Waals surface area contributed by atoms with Crippen molar-refractivity contribution in [3.63, 3.8) is 0 Å². The molecule has 2 N–H and O–H groups in total. The molecule has 0 fully saturated rings. The molecule has 1 heterocycles. The lowest BCUT2D eigenvalue weighted by atomic mass is 9.93. The van der Waals surface area contributed by atoms with Crippen LogP contribution in [0.25, 0.3) is 11.3 Å². The zero-order valence-electron chi connectivity index (χ0n) is 14.1. The molecule has 2 rings (SSSR count). The molecule has 0 aliphatic heterocycles. The molecule has 0 aliphatic rings. The summed E-state index contributed by atoms with van der Waals surface area (Å²) in [6, 6.07) is 7.52. The van der Waals surface area contributed by atoms with E-state index in [0.717, 1.165) is 23.5 Å². The number of hydrogen-bond acceptors (Lipinski definition) is 4. The van der Waals surface area contributed by atoms with Crippen LogP contribution in [0.1, 0.15) is 33.0 Å². The van der Waals surface area contributed by atoms with Crippen LogP contribution in [-0.2, 0) is 0 Å². The van der Waals surface area contributed by atoms with E-state index in [0.29, 0.717) is 23.3 Å². The molecular weight excluding hydrogens is 310 g/mol. The Kier molecular flexibility index (Phi) is 5.60. The van der Waals surface area contributed by atoms with Gasteiger partial charge in [-0.2, -0.15) is 0 Å². The molecular formula is C18H24ClN3O. The van der Waals surface area contributed by atoms with Gasteiger partial charge in [-0.3, -0.25) is 0 Å². The second-order valence-electron chi connectivity index (χ2n) is 6.67. The quantitative estimate of drug-likeness (QED) is 0.858. The number of rotatable bonds is 6. The van der Waals surface area contributed by atoms with Gasteiger partial charge in [-0.15, -0.1) is 0 Å². The summed E-state index contributed by atoms with van der Waals surface area (Å²) < 4.78 is 5.83. The molecule has 0 aliphatic carbocycles. The average Bonchev–Trinajstić information content (AvgIpc) is 2.44. The van der Waals surface area contributed by atoms with E-state index < -0.39 is 0 Å². The van der Waals surface area contributed by atoms with Gasteiger partial charge in [0.25, 0.3) is 0 Å². The zero-order valence-corrected chi connectivity index (χ0v) is 14.9. The van der Waals surface area contributed by atoms with E-state index in [-0.39, 0.29) is 5.54 Å². The third-order valence-electron chi connectivity index (χ3n) is 3.44. The largest absolute Gasteiger partial charge is 0.490 e. The Morgan fingerprint density at radius 2 is 2.04 bits per heavy atom. The first-order chi connectivity index (χ1) is 10.8. The summed E-state index contributed by atoms with van der Waals surface area (Å²) in [6.07, 6.45) is 2.63. The van der Waals surface area contributed by atoms with Gasteiger partial charge in [0.15, 0.2) is 0 Å². The highest BCUT2D eigenvalue weighted by atomic mass is 35.5. The minimum Gasteiger partial charge on any atom is -0.490 e. The summed E-state index contributed by atoms with van der Waals surface area (Å²) in [7, 11) is 0. The van der Waals surface area contributed by atoms with Gasteiger partial charge in [0, 0.05) is 17.3 Å². The van der Waals surface area contributed by atoms with Gasteiger partial charge < -0.3 is 10.5 Å². The molecule has 2 aromatic rings. The van der Waals surface area contributed by atoms with Crippen LogP contribution in [0.15, 0.2) is 30.5 Å². The van der Waals surface area contributed by atoms with Crippen LogP contribution in [0, 0.1) is 12.8 Å². The molecule has 4 nitrogen and oxygen atoms in total. The Morgan fingerprint density at radius 1 is 1.30 bits per heavy atom. The van der Waals surface area contributed by atoms with Gasteiger partial charge in [-0.05, 0) is 50.5 Å². The molecule has 5 heteroatoms. The molecule has 0 saturated heterocycles. The Hall–Kier alpha value is -1.65. The molecule has 1 aromatic carbocycles. The number of aromatic nitrogens is 2. The lowest BCUT2D eigenvalue weighted by Gasteiger charge is -2.26. The standard InChI is InChI=1S/C18H24ClN3O/c1-12(2)10-18(4,20)11-23-17-6-5-14(9-15(17)19)16-7-8-21-13(3)22-16/h5-9,12H,10-11,20H2,1-4H3. The fourth-order valence-corrected chi connectivity index (χ4v) is 2.86. The maximum absolute atomic E-state index is 6.34. The third kappa shape index (κ3) is 5.19. The number of nitrogens with two attached hydrogens (primary N) is 1. The van der Waals surface area contributed by atoms with Crippen molar-refractivity contribution in [2.24, 2.45) is 11.7 Å². The van der Waals surface area contributed by atoms with Crippen LogP contribution < -0.4 is 10.5 Å². The van der Waals surface area contributed by atoms with E-state index in [4.69, 9.17) is 22.1 Å². The van der Waals surface area contributed by atoms with Crippen LogP contribution >= 0.6 is 11.6 Å². The number of aryl methyl sites for hydroxylation is 1. The molecule has 1 aromatic heterocycles. The molecule has 23 heavy (non-hydrogen) atoms. The monoisotopic (exact) mass is 333 g/mol. The second-order valence-corrected chi connectivity index (χ2v) is 7.08. The number of nitrogens with zero attached hydrogens (tertiary/aromatic N) is 2. The van der Waals surface area contributed by atoms with E-state index in [2.05, 4.69) is 23.8 Å². The second kappa shape index (κ2) is 7.28. The Balaban J connectivity index is 2.11. The molecule has 0 radical (unpaired) electrons. The number of benzene rings is 1. The van der Waals surface area contributed by atoms with E-state index in [1.807, 2.05) is 38.1 Å². The predicted molar refractivity (Wildman–Crippen MR) is 94.8 cm³/mol. The van der Waals surface area contributed by atoms with Crippen LogP contribution in [0.2, 0.25) is 5.02 Å². The molecule has 0 saturated carbocycles. The predicted octanol–water partition coefficient (Wildman–Crippen LogP) is 4.25. The van der Waals surface area contributed by atoms with Crippen LogP contribution in [0.4, 0.5) is 0 Å². The van der Waals surface area contributed by atoms with E-state index in [9.17, 15) is 0 Å². The van der Waals surface area contributed by atoms with Crippen molar-refractivity contribution in [3.05, 3.63) is 41.3 Å². The Bertz CT molecular complexity index is 671. The lowest BCUT2D eigenvalue weighted by Crippen LogP contribution is -2.43. The summed E-state index contributed by atoms with van der Waals surface area (Å²) in [5, 5.41) is 0.555. The third-order valence-corrected chi connectivity index (χ3v) is 3.73. The first-order valence-electron chi connectivity index (χ1n) is 7.78. The van der Waals surface area contributed by atoms with Gasteiger partial charge >= 0.3 is 0 Å². The maximum atomic E-state index is 6.34. The first kappa shape index (κ1) is 17.7. The summed E-state index contributed by atoms with van der Waals surface area (Å²) in [6.45, 7) is 8.59. The summed E-state index contributed by atoms with van der Waals surface area (Å²) in [5.41, 5.74) is 7.67. The fourth-order valence-electron chi connectivity index (χ4n) is 2.63. The van der Waals surface area contributed by atoms with Gasteiger partial charge in [-0.1, -0.05) is 25.4 Å². The lowest BCUT2D eigenvalue weighted by molar-refractivity contribution is 0.207. The molecule has 0 bridgehead atoms. The van der Waals surface area contributed by atoms with Crippen LogP contribution in [0.3, 0.4) is 0 Å². The van der Waals surface area contributed by atoms with Crippen molar-refractivity contribution in [2.45, 2.75) is 39.7 Å². The number of ether oxygens (including phenoxy) is 1. The fraction of sp³-hybridized carbons (Fsp3) is 0.444. The first-order valence-corrected chi connectivity index (χ1v) is 8.16. The van der Waals surface area contributed by atoms with E-state index in [1.165, 1.54) is 0 Å². The smallest absolute Gasteiger partial charge is 0.138 e. The zero-order chi connectivity index (χ0) is 17.0. The minimum atomic E-state index is -0.375.